The molecule has 6 heteroatoms. The Morgan fingerprint density at radius 3 is 2.64 bits per heavy atom. The lowest BCUT2D eigenvalue weighted by molar-refractivity contribution is -0.123. The lowest BCUT2D eigenvalue weighted by Crippen LogP contribution is -2.53. The second-order valence-corrected chi connectivity index (χ2v) is 7.94. The van der Waals surface area contributed by atoms with E-state index in [9.17, 15) is 4.79 Å². The Kier molecular flexibility index (Phi) is 6.57. The third-order valence-corrected chi connectivity index (χ3v) is 6.27. The van der Waals surface area contributed by atoms with E-state index >= 15 is 0 Å². The van der Waals surface area contributed by atoms with Crippen LogP contribution in [0, 0.1) is 11.8 Å². The monoisotopic (exact) mass is 362 g/mol. The molecule has 2 aliphatic carbocycles. The third-order valence-electron chi connectivity index (χ3n) is 4.92. The van der Waals surface area contributed by atoms with Crippen molar-refractivity contribution in [2.24, 2.45) is 17.6 Å². The van der Waals surface area contributed by atoms with Gasteiger partial charge in [-0.2, -0.15) is 0 Å². The second kappa shape index (κ2) is 8.00. The summed E-state index contributed by atoms with van der Waals surface area (Å²) in [5.74, 6) is 1.36. The molecule has 2 saturated carbocycles. The number of nitrogens with one attached hydrogen (secondary N) is 1. The van der Waals surface area contributed by atoms with Crippen molar-refractivity contribution in [2.75, 3.05) is 0 Å². The molecule has 1 amide bonds. The highest BCUT2D eigenvalue weighted by molar-refractivity contribution is 7.10. The van der Waals surface area contributed by atoms with Crippen LogP contribution < -0.4 is 11.1 Å². The van der Waals surface area contributed by atoms with Gasteiger partial charge < -0.3 is 11.1 Å². The van der Waals surface area contributed by atoms with Crippen LogP contribution in [0.4, 0.5) is 0 Å². The molecule has 2 fully saturated rings. The summed E-state index contributed by atoms with van der Waals surface area (Å²) in [6, 6.07) is 2.65. The maximum Gasteiger partial charge on any atom is 0.220 e. The van der Waals surface area contributed by atoms with Crippen molar-refractivity contribution in [3.8, 4) is 0 Å². The first-order valence-electron chi connectivity index (χ1n) is 7.89. The molecule has 0 aromatic carbocycles. The molecule has 1 aromatic heterocycles. The number of hydrogen-bond acceptors (Lipinski definition) is 3. The molecular formula is C16H24Cl2N2OS. The molecule has 1 heterocycles. The zero-order valence-corrected chi connectivity index (χ0v) is 15.0. The Morgan fingerprint density at radius 2 is 2.05 bits per heavy atom. The summed E-state index contributed by atoms with van der Waals surface area (Å²) in [7, 11) is 0. The molecule has 2 bridgehead atoms. The van der Waals surface area contributed by atoms with Gasteiger partial charge in [-0.15, -0.1) is 23.7 Å². The lowest BCUT2D eigenvalue weighted by atomic mass is 9.67. The van der Waals surface area contributed by atoms with Gasteiger partial charge in [-0.3, -0.25) is 4.79 Å². The standard InChI is InChI=1S/C16H23ClN2OS.ClH/c17-12-8-14(21-9-12)4-5-15(20)19-16-10-2-1-3-11(16)7-13(18)6-10;/h8-11,13,16H,1-7,18H2,(H,19,20);1H. The fourth-order valence-corrected chi connectivity index (χ4v) is 5.08. The predicted molar refractivity (Wildman–Crippen MR) is 94.9 cm³/mol. The van der Waals surface area contributed by atoms with Crippen LogP contribution in [0.2, 0.25) is 5.02 Å². The molecule has 3 N–H and O–H groups in total. The van der Waals surface area contributed by atoms with Gasteiger partial charge in [0.25, 0.3) is 0 Å². The average Bonchev–Trinajstić information content (AvgIpc) is 2.83. The van der Waals surface area contributed by atoms with Crippen molar-refractivity contribution in [3.05, 3.63) is 21.3 Å². The van der Waals surface area contributed by atoms with Crippen LogP contribution in [0.15, 0.2) is 11.4 Å². The van der Waals surface area contributed by atoms with E-state index in [4.69, 9.17) is 17.3 Å². The number of thiophene rings is 1. The van der Waals surface area contributed by atoms with Gasteiger partial charge in [0.05, 0.1) is 5.02 Å². The van der Waals surface area contributed by atoms with Crippen molar-refractivity contribution < 1.29 is 4.79 Å². The molecule has 1 aromatic rings. The molecule has 0 saturated heterocycles. The number of rotatable bonds is 4. The van der Waals surface area contributed by atoms with Crippen molar-refractivity contribution in [1.29, 1.82) is 0 Å². The maximum atomic E-state index is 12.2. The van der Waals surface area contributed by atoms with Gasteiger partial charge >= 0.3 is 0 Å². The Labute approximate surface area is 147 Å². The number of carbonyl (C=O) groups is 1. The minimum Gasteiger partial charge on any atom is -0.353 e. The van der Waals surface area contributed by atoms with Gasteiger partial charge in [-0.1, -0.05) is 18.0 Å². The first-order chi connectivity index (χ1) is 10.1. The molecule has 2 unspecified atom stereocenters. The van der Waals surface area contributed by atoms with Gasteiger partial charge in [-0.05, 0) is 50.0 Å². The van der Waals surface area contributed by atoms with Crippen LogP contribution >= 0.6 is 35.3 Å². The van der Waals surface area contributed by atoms with E-state index in [0.29, 0.717) is 30.3 Å². The molecular weight excluding hydrogens is 339 g/mol. The van der Waals surface area contributed by atoms with E-state index in [1.807, 2.05) is 11.4 Å². The lowest BCUT2D eigenvalue weighted by Gasteiger charge is -2.45. The van der Waals surface area contributed by atoms with Crippen LogP contribution in [-0.2, 0) is 11.2 Å². The highest BCUT2D eigenvalue weighted by atomic mass is 35.5. The van der Waals surface area contributed by atoms with E-state index < -0.39 is 0 Å². The van der Waals surface area contributed by atoms with Crippen molar-refractivity contribution in [3.63, 3.8) is 0 Å². The summed E-state index contributed by atoms with van der Waals surface area (Å²) in [6.45, 7) is 0. The van der Waals surface area contributed by atoms with Gasteiger partial charge in [0, 0.05) is 28.8 Å². The minimum absolute atomic E-state index is 0. The fourth-order valence-electron chi connectivity index (χ4n) is 4.00. The zero-order chi connectivity index (χ0) is 14.8. The topological polar surface area (TPSA) is 55.1 Å². The van der Waals surface area contributed by atoms with Gasteiger partial charge in [0.15, 0.2) is 0 Å². The van der Waals surface area contributed by atoms with E-state index in [1.54, 1.807) is 11.3 Å². The molecule has 2 aliphatic rings. The SMILES string of the molecule is Cl.NC1CC2CCCC(C1)C2NC(=O)CCc1cc(Cl)cs1. The van der Waals surface area contributed by atoms with Crippen LogP contribution in [0.3, 0.4) is 0 Å². The fraction of sp³-hybridized carbons (Fsp3) is 0.688. The normalized spacial score (nSPS) is 30.5. The number of fused-ring (bicyclic) bond motifs is 2. The van der Waals surface area contributed by atoms with Crippen LogP contribution in [0.1, 0.15) is 43.4 Å². The first kappa shape index (κ1) is 18.1. The van der Waals surface area contributed by atoms with Crippen LogP contribution in [0.5, 0.6) is 0 Å². The smallest absolute Gasteiger partial charge is 0.220 e. The summed E-state index contributed by atoms with van der Waals surface area (Å²) >= 11 is 7.53. The number of aryl methyl sites for hydroxylation is 1. The molecule has 0 radical (unpaired) electrons. The van der Waals surface area contributed by atoms with Crippen molar-refractivity contribution in [2.45, 2.75) is 57.0 Å². The molecule has 2 atom stereocenters. The summed E-state index contributed by atoms with van der Waals surface area (Å²) in [5, 5.41) is 5.98. The molecule has 3 rings (SSSR count). The molecule has 3 nitrogen and oxygen atoms in total. The van der Waals surface area contributed by atoms with Crippen molar-refractivity contribution >= 4 is 41.3 Å². The molecule has 124 valence electrons. The summed E-state index contributed by atoms with van der Waals surface area (Å²) in [4.78, 5) is 13.4. The summed E-state index contributed by atoms with van der Waals surface area (Å²) < 4.78 is 0. The maximum absolute atomic E-state index is 12.2. The third kappa shape index (κ3) is 4.38. The predicted octanol–water partition coefficient (Wildman–Crippen LogP) is 3.78. The van der Waals surface area contributed by atoms with Crippen molar-refractivity contribution in [1.82, 2.24) is 5.32 Å². The number of nitrogens with two attached hydrogens (primary N) is 1. The van der Waals surface area contributed by atoms with Gasteiger partial charge in [0.1, 0.15) is 0 Å². The minimum atomic E-state index is 0. The highest BCUT2D eigenvalue weighted by Gasteiger charge is 2.39. The van der Waals surface area contributed by atoms with E-state index in [-0.39, 0.29) is 18.3 Å². The van der Waals surface area contributed by atoms with Gasteiger partial charge in [0.2, 0.25) is 5.91 Å². The molecule has 22 heavy (non-hydrogen) atoms. The largest absolute Gasteiger partial charge is 0.353 e. The number of hydrogen-bond donors (Lipinski definition) is 2. The van der Waals surface area contributed by atoms with E-state index in [2.05, 4.69) is 5.32 Å². The first-order valence-corrected chi connectivity index (χ1v) is 9.15. The van der Waals surface area contributed by atoms with Crippen LogP contribution in [-0.4, -0.2) is 18.0 Å². The Balaban J connectivity index is 0.00000176. The Morgan fingerprint density at radius 1 is 1.36 bits per heavy atom. The van der Waals surface area contributed by atoms with Gasteiger partial charge in [-0.25, -0.2) is 0 Å². The number of halogens is 2. The Bertz CT molecular complexity index is 494. The summed E-state index contributed by atoms with van der Waals surface area (Å²) in [6.07, 6.45) is 7.21. The second-order valence-electron chi connectivity index (χ2n) is 6.51. The molecule has 0 aliphatic heterocycles. The summed E-state index contributed by atoms with van der Waals surface area (Å²) in [5.41, 5.74) is 6.13. The van der Waals surface area contributed by atoms with E-state index in [1.165, 1.54) is 24.1 Å². The highest BCUT2D eigenvalue weighted by Crippen LogP contribution is 2.39. The van der Waals surface area contributed by atoms with Crippen LogP contribution in [0.25, 0.3) is 0 Å². The number of amides is 1. The van der Waals surface area contributed by atoms with E-state index in [0.717, 1.165) is 24.3 Å². The Hall–Kier alpha value is -0.290. The average molecular weight is 363 g/mol. The quantitative estimate of drug-likeness (QED) is 0.855. The molecule has 0 spiro atoms. The number of carbonyl (C=O) groups excluding carboxylic acids is 1. The zero-order valence-electron chi connectivity index (χ0n) is 12.6.